The second-order valence-corrected chi connectivity index (χ2v) is 7.82. The number of ether oxygens (including phenoxy) is 1. The molecule has 1 aromatic rings. The first-order chi connectivity index (χ1) is 15.5. The van der Waals surface area contributed by atoms with Gasteiger partial charge in [-0.1, -0.05) is 19.9 Å². The van der Waals surface area contributed by atoms with Crippen molar-refractivity contribution in [1.29, 1.82) is 5.41 Å². The molecule has 0 spiro atoms. The van der Waals surface area contributed by atoms with Gasteiger partial charge in [0.05, 0.1) is 18.2 Å². The lowest BCUT2D eigenvalue weighted by atomic mass is 9.97. The molecule has 0 radical (unpaired) electrons. The van der Waals surface area contributed by atoms with E-state index in [2.05, 4.69) is 22.9 Å². The van der Waals surface area contributed by atoms with Gasteiger partial charge in [-0.2, -0.15) is 0 Å². The van der Waals surface area contributed by atoms with Crippen molar-refractivity contribution in [3.8, 4) is 0 Å². The third-order valence-corrected chi connectivity index (χ3v) is 5.82. The molecule has 2 N–H and O–H groups in total. The highest BCUT2D eigenvalue weighted by Gasteiger charge is 2.24. The molecule has 0 saturated carbocycles. The summed E-state index contributed by atoms with van der Waals surface area (Å²) in [6.45, 7) is 13.1. The summed E-state index contributed by atoms with van der Waals surface area (Å²) in [7, 11) is 0. The van der Waals surface area contributed by atoms with Gasteiger partial charge in [0.25, 0.3) is 0 Å². The van der Waals surface area contributed by atoms with E-state index in [1.54, 1.807) is 6.08 Å². The van der Waals surface area contributed by atoms with Crippen LogP contribution in [0.25, 0.3) is 5.57 Å². The van der Waals surface area contributed by atoms with E-state index in [0.29, 0.717) is 19.7 Å². The maximum Gasteiger partial charge on any atom is 0.229 e. The number of rotatable bonds is 8. The minimum absolute atomic E-state index is 0.134. The number of amides is 1. The van der Waals surface area contributed by atoms with E-state index in [1.807, 2.05) is 50.2 Å². The predicted octanol–water partition coefficient (Wildman–Crippen LogP) is 3.73. The molecule has 1 atom stereocenters. The Labute approximate surface area is 190 Å². The smallest absolute Gasteiger partial charge is 0.229 e. The van der Waals surface area contributed by atoms with Gasteiger partial charge in [0, 0.05) is 55.9 Å². The predicted molar refractivity (Wildman–Crippen MR) is 129 cm³/mol. The number of carbonyl (C=O) groups excluding carboxylic acids is 1. The molecule has 1 fully saturated rings. The summed E-state index contributed by atoms with van der Waals surface area (Å²) < 4.78 is 5.68. The van der Waals surface area contributed by atoms with Gasteiger partial charge in [0.2, 0.25) is 5.91 Å². The number of nitrogens with zero attached hydrogens (tertiary/aromatic N) is 3. The van der Waals surface area contributed by atoms with Crippen LogP contribution in [-0.4, -0.2) is 54.8 Å². The van der Waals surface area contributed by atoms with Crippen LogP contribution in [0.3, 0.4) is 0 Å². The van der Waals surface area contributed by atoms with Crippen LogP contribution in [0.1, 0.15) is 32.8 Å². The second-order valence-electron chi connectivity index (χ2n) is 7.82. The maximum atomic E-state index is 12.4. The summed E-state index contributed by atoms with van der Waals surface area (Å²) >= 11 is 0. The molecule has 1 unspecified atom stereocenters. The molecule has 0 bridgehead atoms. The van der Waals surface area contributed by atoms with Crippen LogP contribution < -0.4 is 10.2 Å². The zero-order valence-corrected chi connectivity index (χ0v) is 19.2. The molecule has 7 nitrogen and oxygen atoms in total. The monoisotopic (exact) mass is 435 g/mol. The van der Waals surface area contributed by atoms with Crippen molar-refractivity contribution in [1.82, 2.24) is 15.2 Å². The van der Waals surface area contributed by atoms with Crippen molar-refractivity contribution in [2.24, 2.45) is 5.92 Å². The maximum absolute atomic E-state index is 12.4. The minimum Gasteiger partial charge on any atom is -0.492 e. The molecule has 0 aliphatic carbocycles. The highest BCUT2D eigenvalue weighted by atomic mass is 16.5. The second kappa shape index (κ2) is 10.8. The number of hydrogen-bond acceptors (Lipinski definition) is 6. The Balaban J connectivity index is 1.77. The summed E-state index contributed by atoms with van der Waals surface area (Å²) in [5, 5.41) is 11.1. The Kier molecular flexibility index (Phi) is 7.87. The average Bonchev–Trinajstić information content (AvgIpc) is 2.85. The SMILES string of the molecule is C=CC(C)C(=O)N1CCN(c2ccc(C3=CC(OCC)=CN/C3=C(\C=N)CC)cn2)CC1. The molecule has 7 heteroatoms. The fourth-order valence-electron chi connectivity index (χ4n) is 3.85. The van der Waals surface area contributed by atoms with Crippen LogP contribution >= 0.6 is 0 Å². The van der Waals surface area contributed by atoms with Crippen LogP contribution in [0.15, 0.2) is 60.3 Å². The molecule has 1 aromatic heterocycles. The molecule has 170 valence electrons. The lowest BCUT2D eigenvalue weighted by molar-refractivity contribution is -0.133. The van der Waals surface area contributed by atoms with E-state index in [9.17, 15) is 4.79 Å². The van der Waals surface area contributed by atoms with E-state index in [1.165, 1.54) is 6.21 Å². The number of nitrogens with one attached hydrogen (secondary N) is 2. The third-order valence-electron chi connectivity index (χ3n) is 5.82. The van der Waals surface area contributed by atoms with Gasteiger partial charge in [0.1, 0.15) is 11.6 Å². The van der Waals surface area contributed by atoms with E-state index < -0.39 is 0 Å². The summed E-state index contributed by atoms with van der Waals surface area (Å²) in [5.74, 6) is 1.64. The molecule has 1 amide bonds. The largest absolute Gasteiger partial charge is 0.492 e. The molecule has 32 heavy (non-hydrogen) atoms. The Bertz CT molecular complexity index is 938. The normalized spacial score (nSPS) is 18.7. The Morgan fingerprint density at radius 2 is 2.06 bits per heavy atom. The molecule has 2 aliphatic rings. The quantitative estimate of drug-likeness (QED) is 0.480. The highest BCUT2D eigenvalue weighted by molar-refractivity contribution is 5.90. The summed E-state index contributed by atoms with van der Waals surface area (Å²) in [5.41, 5.74) is 3.75. The van der Waals surface area contributed by atoms with Crippen molar-refractivity contribution in [2.45, 2.75) is 27.2 Å². The fourth-order valence-corrected chi connectivity index (χ4v) is 3.85. The molecule has 0 aromatic carbocycles. The zero-order chi connectivity index (χ0) is 23.1. The molecular formula is C25H33N5O2. The van der Waals surface area contributed by atoms with Crippen LogP contribution in [0, 0.1) is 11.3 Å². The van der Waals surface area contributed by atoms with Crippen LogP contribution in [0.5, 0.6) is 0 Å². The third kappa shape index (κ3) is 5.10. The van der Waals surface area contributed by atoms with E-state index >= 15 is 0 Å². The number of allylic oxidation sites excluding steroid dienone is 3. The van der Waals surface area contributed by atoms with Gasteiger partial charge in [-0.05, 0) is 37.1 Å². The zero-order valence-electron chi connectivity index (χ0n) is 19.2. The standard InChI is InChI=1S/C25H33N5O2/c1-5-18(4)25(31)30-12-10-29(11-13-30)23-9-8-20(16-27-23)22-14-21(32-7-3)17-28-24(22)19(6-2)15-26/h5,8-9,14-18,26,28H,1,6-7,10-13H2,2-4H3/b24-19-,26-15?. The van der Waals surface area contributed by atoms with Crippen molar-refractivity contribution < 1.29 is 9.53 Å². The average molecular weight is 436 g/mol. The van der Waals surface area contributed by atoms with Crippen molar-refractivity contribution in [3.05, 3.63) is 65.9 Å². The summed E-state index contributed by atoms with van der Waals surface area (Å²) in [6.07, 6.45) is 9.53. The molecule has 2 aliphatic heterocycles. The van der Waals surface area contributed by atoms with E-state index in [4.69, 9.17) is 15.1 Å². The van der Waals surface area contributed by atoms with Crippen LogP contribution in [0.4, 0.5) is 5.82 Å². The number of carbonyl (C=O) groups is 1. The number of aromatic nitrogens is 1. The van der Waals surface area contributed by atoms with Gasteiger partial charge in [-0.3, -0.25) is 4.79 Å². The number of anilines is 1. The highest BCUT2D eigenvalue weighted by Crippen LogP contribution is 2.30. The lowest BCUT2D eigenvalue weighted by Gasteiger charge is -2.36. The number of piperazine rings is 1. The summed E-state index contributed by atoms with van der Waals surface area (Å²) in [6, 6.07) is 4.08. The minimum atomic E-state index is -0.150. The lowest BCUT2D eigenvalue weighted by Crippen LogP contribution is -2.50. The van der Waals surface area contributed by atoms with Gasteiger partial charge < -0.3 is 25.3 Å². The molecular weight excluding hydrogens is 402 g/mol. The Hall–Kier alpha value is -3.35. The molecule has 1 saturated heterocycles. The molecule has 3 heterocycles. The number of hydrogen-bond donors (Lipinski definition) is 2. The first-order valence-corrected chi connectivity index (χ1v) is 11.2. The first kappa shape index (κ1) is 23.3. The van der Waals surface area contributed by atoms with Crippen LogP contribution in [0.2, 0.25) is 0 Å². The van der Waals surface area contributed by atoms with Gasteiger partial charge in [-0.25, -0.2) is 4.98 Å². The van der Waals surface area contributed by atoms with Gasteiger partial charge in [0.15, 0.2) is 0 Å². The summed E-state index contributed by atoms with van der Waals surface area (Å²) in [4.78, 5) is 21.2. The van der Waals surface area contributed by atoms with Gasteiger partial charge >= 0.3 is 0 Å². The topological polar surface area (TPSA) is 81.5 Å². The van der Waals surface area contributed by atoms with Crippen molar-refractivity contribution in [2.75, 3.05) is 37.7 Å². The Morgan fingerprint density at radius 1 is 1.31 bits per heavy atom. The fraction of sp³-hybridized carbons (Fsp3) is 0.400. The number of dihydropyridines is 1. The van der Waals surface area contributed by atoms with Crippen molar-refractivity contribution >= 4 is 23.5 Å². The Morgan fingerprint density at radius 3 is 2.62 bits per heavy atom. The first-order valence-electron chi connectivity index (χ1n) is 11.2. The number of pyridine rings is 1. The van der Waals surface area contributed by atoms with Crippen molar-refractivity contribution in [3.63, 3.8) is 0 Å². The molecule has 3 rings (SSSR count). The van der Waals surface area contributed by atoms with Gasteiger partial charge in [-0.15, -0.1) is 6.58 Å². The van der Waals surface area contributed by atoms with E-state index in [0.717, 1.165) is 53.5 Å². The van der Waals surface area contributed by atoms with E-state index in [-0.39, 0.29) is 11.8 Å². The van der Waals surface area contributed by atoms with Crippen LogP contribution in [-0.2, 0) is 9.53 Å².